The topological polar surface area (TPSA) is 52.6 Å². The highest BCUT2D eigenvalue weighted by atomic mass is 32.2. The van der Waals surface area contributed by atoms with Crippen molar-refractivity contribution < 1.29 is 9.90 Å². The molecule has 5 heteroatoms. The number of nitrogens with one attached hydrogen (secondary N) is 1. The number of rotatable bonds is 4. The molecule has 0 saturated carbocycles. The van der Waals surface area contributed by atoms with Crippen molar-refractivity contribution in [1.29, 1.82) is 0 Å². The van der Waals surface area contributed by atoms with Gasteiger partial charge in [0.1, 0.15) is 0 Å². The molecule has 0 aromatic carbocycles. The maximum atomic E-state index is 11.7. The van der Waals surface area contributed by atoms with Crippen molar-refractivity contribution >= 4 is 17.8 Å². The summed E-state index contributed by atoms with van der Waals surface area (Å²) in [5.74, 6) is 2.08. The van der Waals surface area contributed by atoms with E-state index >= 15 is 0 Å². The van der Waals surface area contributed by atoms with E-state index in [1.807, 2.05) is 23.6 Å². The molecule has 0 aliphatic carbocycles. The zero-order valence-corrected chi connectivity index (χ0v) is 10.1. The zero-order chi connectivity index (χ0) is 11.1. The Hall–Kier alpha value is -0.420. The van der Waals surface area contributed by atoms with Gasteiger partial charge in [-0.2, -0.15) is 11.8 Å². The Morgan fingerprint density at radius 1 is 1.53 bits per heavy atom. The summed E-state index contributed by atoms with van der Waals surface area (Å²) in [5, 5.41) is 11.6. The Kier molecular flexibility index (Phi) is 5.86. The van der Waals surface area contributed by atoms with Crippen molar-refractivity contribution in [2.24, 2.45) is 0 Å². The number of urea groups is 1. The number of aliphatic hydroxyl groups excluding tert-OH is 1. The van der Waals surface area contributed by atoms with Crippen LogP contribution in [0.15, 0.2) is 0 Å². The second kappa shape index (κ2) is 6.95. The number of hydrogen-bond acceptors (Lipinski definition) is 3. The van der Waals surface area contributed by atoms with Crippen LogP contribution < -0.4 is 5.32 Å². The third-order valence-electron chi connectivity index (χ3n) is 2.46. The molecular weight excluding hydrogens is 212 g/mol. The Labute approximate surface area is 95.4 Å². The van der Waals surface area contributed by atoms with Gasteiger partial charge in [-0.05, 0) is 19.8 Å². The summed E-state index contributed by atoms with van der Waals surface area (Å²) >= 11 is 1.89. The van der Waals surface area contributed by atoms with Gasteiger partial charge in [0.05, 0.1) is 0 Å². The molecule has 1 fully saturated rings. The molecule has 0 aromatic rings. The second-order valence-corrected chi connectivity index (χ2v) is 5.04. The summed E-state index contributed by atoms with van der Waals surface area (Å²) in [5.41, 5.74) is 0. The molecular formula is C10H20N2O2S. The first-order valence-corrected chi connectivity index (χ1v) is 6.63. The molecule has 1 rings (SSSR count). The van der Waals surface area contributed by atoms with E-state index in [9.17, 15) is 4.79 Å². The Morgan fingerprint density at radius 2 is 2.20 bits per heavy atom. The van der Waals surface area contributed by atoms with Crippen LogP contribution in [0.5, 0.6) is 0 Å². The maximum absolute atomic E-state index is 11.7. The highest BCUT2D eigenvalue weighted by Gasteiger charge is 2.17. The minimum absolute atomic E-state index is 0.0424. The summed E-state index contributed by atoms with van der Waals surface area (Å²) in [6.07, 6.45) is 1.59. The highest BCUT2D eigenvalue weighted by molar-refractivity contribution is 7.99. The number of carbonyl (C=O) groups excluding carboxylic acids is 1. The van der Waals surface area contributed by atoms with E-state index in [0.29, 0.717) is 0 Å². The van der Waals surface area contributed by atoms with E-state index in [1.165, 1.54) is 0 Å². The molecule has 15 heavy (non-hydrogen) atoms. The van der Waals surface area contributed by atoms with E-state index < -0.39 is 0 Å². The maximum Gasteiger partial charge on any atom is 0.317 e. The predicted octanol–water partition coefficient (Wildman–Crippen LogP) is 0.906. The van der Waals surface area contributed by atoms with Gasteiger partial charge in [0.2, 0.25) is 0 Å². The fraction of sp³-hybridized carbons (Fsp3) is 0.900. The average molecular weight is 232 g/mol. The SMILES string of the molecule is CC(CCCO)NC(=O)N1CCSCC1. The number of amides is 2. The van der Waals surface area contributed by atoms with Gasteiger partial charge >= 0.3 is 6.03 Å². The van der Waals surface area contributed by atoms with Crippen LogP contribution in [0.2, 0.25) is 0 Å². The minimum Gasteiger partial charge on any atom is -0.396 e. The van der Waals surface area contributed by atoms with Crippen molar-refractivity contribution in [2.45, 2.75) is 25.8 Å². The molecule has 0 spiro atoms. The van der Waals surface area contributed by atoms with E-state index in [-0.39, 0.29) is 18.7 Å². The van der Waals surface area contributed by atoms with E-state index in [4.69, 9.17) is 5.11 Å². The Balaban J connectivity index is 2.21. The van der Waals surface area contributed by atoms with Gasteiger partial charge in [-0.25, -0.2) is 4.79 Å². The predicted molar refractivity (Wildman–Crippen MR) is 63.2 cm³/mol. The monoisotopic (exact) mass is 232 g/mol. The van der Waals surface area contributed by atoms with Crippen molar-refractivity contribution in [3.63, 3.8) is 0 Å². The Morgan fingerprint density at radius 3 is 2.80 bits per heavy atom. The fourth-order valence-electron chi connectivity index (χ4n) is 1.54. The number of thioether (sulfide) groups is 1. The van der Waals surface area contributed by atoms with Gasteiger partial charge < -0.3 is 15.3 Å². The molecule has 1 heterocycles. The first-order chi connectivity index (χ1) is 7.24. The van der Waals surface area contributed by atoms with Gasteiger partial charge in [-0.1, -0.05) is 0 Å². The molecule has 1 atom stereocenters. The van der Waals surface area contributed by atoms with Gasteiger partial charge in [0.15, 0.2) is 0 Å². The standard InChI is InChI=1S/C10H20N2O2S/c1-9(3-2-6-13)11-10(14)12-4-7-15-8-5-12/h9,13H,2-8H2,1H3,(H,11,14). The molecule has 1 aliphatic rings. The summed E-state index contributed by atoms with van der Waals surface area (Å²) in [6, 6.07) is 0.194. The number of nitrogens with zero attached hydrogens (tertiary/aromatic N) is 1. The highest BCUT2D eigenvalue weighted by Crippen LogP contribution is 2.09. The molecule has 0 bridgehead atoms. The van der Waals surface area contributed by atoms with Crippen LogP contribution in [-0.4, -0.2) is 53.3 Å². The lowest BCUT2D eigenvalue weighted by Crippen LogP contribution is -2.47. The molecule has 1 saturated heterocycles. The lowest BCUT2D eigenvalue weighted by atomic mass is 10.2. The first-order valence-electron chi connectivity index (χ1n) is 5.48. The van der Waals surface area contributed by atoms with Crippen LogP contribution in [0.1, 0.15) is 19.8 Å². The third kappa shape index (κ3) is 4.75. The van der Waals surface area contributed by atoms with Crippen LogP contribution in [0.4, 0.5) is 4.79 Å². The van der Waals surface area contributed by atoms with Crippen LogP contribution >= 0.6 is 11.8 Å². The molecule has 0 radical (unpaired) electrons. The summed E-state index contributed by atoms with van der Waals surface area (Å²) in [6.45, 7) is 3.87. The number of hydrogen-bond donors (Lipinski definition) is 2. The molecule has 88 valence electrons. The van der Waals surface area contributed by atoms with Crippen molar-refractivity contribution in [3.05, 3.63) is 0 Å². The van der Waals surface area contributed by atoms with Gasteiger partial charge in [-0.3, -0.25) is 0 Å². The van der Waals surface area contributed by atoms with Crippen LogP contribution in [0.25, 0.3) is 0 Å². The summed E-state index contributed by atoms with van der Waals surface area (Å²) in [4.78, 5) is 13.6. The van der Waals surface area contributed by atoms with Crippen molar-refractivity contribution in [2.75, 3.05) is 31.2 Å². The molecule has 2 N–H and O–H groups in total. The number of carbonyl (C=O) groups is 1. The average Bonchev–Trinajstić information content (AvgIpc) is 2.27. The first kappa shape index (κ1) is 12.6. The second-order valence-electron chi connectivity index (χ2n) is 3.82. The molecule has 0 aromatic heterocycles. The summed E-state index contributed by atoms with van der Waals surface area (Å²) < 4.78 is 0. The molecule has 2 amide bonds. The molecule has 4 nitrogen and oxygen atoms in total. The fourth-order valence-corrected chi connectivity index (χ4v) is 2.44. The smallest absolute Gasteiger partial charge is 0.317 e. The lowest BCUT2D eigenvalue weighted by Gasteiger charge is -2.28. The Bertz CT molecular complexity index is 196. The van der Waals surface area contributed by atoms with E-state index in [2.05, 4.69) is 5.32 Å². The van der Waals surface area contributed by atoms with Gasteiger partial charge in [0.25, 0.3) is 0 Å². The van der Waals surface area contributed by atoms with Gasteiger partial charge in [0, 0.05) is 37.2 Å². The molecule has 1 unspecified atom stereocenters. The summed E-state index contributed by atoms with van der Waals surface area (Å²) in [7, 11) is 0. The van der Waals surface area contributed by atoms with Crippen LogP contribution in [0.3, 0.4) is 0 Å². The molecule has 1 aliphatic heterocycles. The minimum atomic E-state index is 0.0424. The zero-order valence-electron chi connectivity index (χ0n) is 9.24. The van der Waals surface area contributed by atoms with E-state index in [1.54, 1.807) is 0 Å². The van der Waals surface area contributed by atoms with Crippen LogP contribution in [0, 0.1) is 0 Å². The van der Waals surface area contributed by atoms with E-state index in [0.717, 1.165) is 37.4 Å². The normalized spacial score (nSPS) is 18.7. The third-order valence-corrected chi connectivity index (χ3v) is 3.41. The largest absolute Gasteiger partial charge is 0.396 e. The van der Waals surface area contributed by atoms with Gasteiger partial charge in [-0.15, -0.1) is 0 Å². The van der Waals surface area contributed by atoms with Crippen LogP contribution in [-0.2, 0) is 0 Å². The quantitative estimate of drug-likeness (QED) is 0.757. The number of aliphatic hydroxyl groups is 1. The van der Waals surface area contributed by atoms with Crippen molar-refractivity contribution in [1.82, 2.24) is 10.2 Å². The van der Waals surface area contributed by atoms with Crippen molar-refractivity contribution in [3.8, 4) is 0 Å². The lowest BCUT2D eigenvalue weighted by molar-refractivity contribution is 0.197.